The zero-order valence-corrected chi connectivity index (χ0v) is 10.6. The highest BCUT2D eigenvalue weighted by atomic mass is 19.4. The normalized spacial score (nSPS) is 11.8. The molecule has 1 N–H and O–H groups in total. The van der Waals surface area contributed by atoms with Gasteiger partial charge in [0.05, 0.1) is 17.3 Å². The summed E-state index contributed by atoms with van der Waals surface area (Å²) in [5.41, 5.74) is 0.428. The molecule has 0 saturated heterocycles. The maximum absolute atomic E-state index is 13.1. The number of hydrogen-bond donors (Lipinski definition) is 1. The van der Waals surface area contributed by atoms with Gasteiger partial charge in [0, 0.05) is 10.9 Å². The Bertz CT molecular complexity index is 821. The molecule has 0 amide bonds. The van der Waals surface area contributed by atoms with E-state index in [-0.39, 0.29) is 5.56 Å². The van der Waals surface area contributed by atoms with Crippen LogP contribution in [0.5, 0.6) is 0 Å². The van der Waals surface area contributed by atoms with Gasteiger partial charge in [-0.15, -0.1) is 0 Å². The van der Waals surface area contributed by atoms with Crippen LogP contribution in [0.2, 0.25) is 0 Å². The van der Waals surface area contributed by atoms with E-state index in [4.69, 9.17) is 0 Å². The predicted molar refractivity (Wildman–Crippen MR) is 71.9 cm³/mol. The molecule has 0 aliphatic carbocycles. The molecule has 0 aliphatic heterocycles. The highest BCUT2D eigenvalue weighted by Crippen LogP contribution is 2.39. The third-order valence-electron chi connectivity index (χ3n) is 3.24. The highest BCUT2D eigenvalue weighted by molar-refractivity contribution is 5.99. The van der Waals surface area contributed by atoms with Crippen LogP contribution in [0.3, 0.4) is 0 Å². The lowest BCUT2D eigenvalue weighted by molar-refractivity contribution is -0.137. The van der Waals surface area contributed by atoms with Crippen molar-refractivity contribution in [2.75, 3.05) is 0 Å². The van der Waals surface area contributed by atoms with Crippen molar-refractivity contribution in [2.24, 2.45) is 0 Å². The highest BCUT2D eigenvalue weighted by Gasteiger charge is 2.33. The molecule has 0 bridgehead atoms. The Labute approximate surface area is 117 Å². The van der Waals surface area contributed by atoms with Crippen molar-refractivity contribution in [3.63, 3.8) is 0 Å². The second kappa shape index (κ2) is 4.73. The van der Waals surface area contributed by atoms with Crippen LogP contribution in [0.25, 0.3) is 22.0 Å². The number of aldehydes is 1. The quantitative estimate of drug-likeness (QED) is 0.723. The van der Waals surface area contributed by atoms with Gasteiger partial charge in [-0.3, -0.25) is 9.89 Å². The molecule has 0 aliphatic rings. The Hall–Kier alpha value is -2.63. The molecule has 2 aromatic carbocycles. The number of aromatic amines is 1. The third kappa shape index (κ3) is 2.29. The predicted octanol–water partition coefficient (Wildman–Crippen LogP) is 4.06. The van der Waals surface area contributed by atoms with Crippen molar-refractivity contribution in [3.05, 3.63) is 53.7 Å². The fraction of sp³-hybridized carbons (Fsp3) is 0.0667. The molecule has 0 radical (unpaired) electrons. The van der Waals surface area contributed by atoms with Gasteiger partial charge in [0.2, 0.25) is 0 Å². The molecule has 6 heteroatoms. The van der Waals surface area contributed by atoms with Gasteiger partial charge in [0.25, 0.3) is 0 Å². The van der Waals surface area contributed by atoms with Gasteiger partial charge >= 0.3 is 6.18 Å². The van der Waals surface area contributed by atoms with Crippen LogP contribution in [-0.2, 0) is 6.18 Å². The van der Waals surface area contributed by atoms with Crippen molar-refractivity contribution in [1.29, 1.82) is 0 Å². The van der Waals surface area contributed by atoms with E-state index in [0.717, 1.165) is 6.07 Å². The summed E-state index contributed by atoms with van der Waals surface area (Å²) in [5, 5.41) is 7.04. The summed E-state index contributed by atoms with van der Waals surface area (Å²) < 4.78 is 39.4. The number of halogens is 3. The van der Waals surface area contributed by atoms with E-state index in [1.807, 2.05) is 0 Å². The maximum Gasteiger partial charge on any atom is 0.417 e. The Morgan fingerprint density at radius 2 is 1.86 bits per heavy atom. The Kier molecular flexibility index (Phi) is 3.01. The van der Waals surface area contributed by atoms with Crippen molar-refractivity contribution < 1.29 is 18.0 Å². The first-order valence-electron chi connectivity index (χ1n) is 6.09. The Morgan fingerprint density at radius 1 is 1.10 bits per heavy atom. The summed E-state index contributed by atoms with van der Waals surface area (Å²) in [6.07, 6.45) is -2.42. The minimum atomic E-state index is -4.47. The van der Waals surface area contributed by atoms with Crippen LogP contribution in [0.4, 0.5) is 13.2 Å². The molecule has 21 heavy (non-hydrogen) atoms. The summed E-state index contributed by atoms with van der Waals surface area (Å²) >= 11 is 0. The zero-order chi connectivity index (χ0) is 15.0. The Balaban J connectivity index is 2.35. The average Bonchev–Trinajstić information content (AvgIpc) is 2.93. The van der Waals surface area contributed by atoms with Crippen LogP contribution in [-0.4, -0.2) is 16.5 Å². The lowest BCUT2D eigenvalue weighted by Crippen LogP contribution is -2.07. The van der Waals surface area contributed by atoms with Crippen molar-refractivity contribution in [1.82, 2.24) is 10.2 Å². The van der Waals surface area contributed by atoms with Gasteiger partial charge in [-0.1, -0.05) is 18.2 Å². The molecule has 0 fully saturated rings. The second-order valence-electron chi connectivity index (χ2n) is 4.56. The van der Waals surface area contributed by atoms with Crippen LogP contribution in [0.1, 0.15) is 15.9 Å². The van der Waals surface area contributed by atoms with Gasteiger partial charge in [-0.2, -0.15) is 18.3 Å². The van der Waals surface area contributed by atoms with Gasteiger partial charge in [-0.25, -0.2) is 0 Å². The molecule has 3 nitrogen and oxygen atoms in total. The van der Waals surface area contributed by atoms with Gasteiger partial charge in [-0.05, 0) is 29.3 Å². The molecule has 106 valence electrons. The van der Waals surface area contributed by atoms with Crippen molar-refractivity contribution in [3.8, 4) is 11.1 Å². The molecular formula is C15H9F3N2O. The lowest BCUT2D eigenvalue weighted by atomic mass is 9.95. The van der Waals surface area contributed by atoms with Crippen LogP contribution in [0, 0.1) is 0 Å². The van der Waals surface area contributed by atoms with Gasteiger partial charge in [0.1, 0.15) is 6.29 Å². The van der Waals surface area contributed by atoms with E-state index in [1.54, 1.807) is 6.07 Å². The number of hydrogen-bond acceptors (Lipinski definition) is 2. The number of H-pyrrole nitrogens is 1. The molecule has 0 saturated carbocycles. The second-order valence-corrected chi connectivity index (χ2v) is 4.56. The van der Waals surface area contributed by atoms with Gasteiger partial charge < -0.3 is 0 Å². The number of aromatic nitrogens is 2. The van der Waals surface area contributed by atoms with E-state index in [9.17, 15) is 18.0 Å². The summed E-state index contributed by atoms with van der Waals surface area (Å²) in [4.78, 5) is 11.0. The number of carbonyl (C=O) groups is 1. The van der Waals surface area contributed by atoms with E-state index in [2.05, 4.69) is 10.2 Å². The monoisotopic (exact) mass is 290 g/mol. The third-order valence-corrected chi connectivity index (χ3v) is 3.24. The maximum atomic E-state index is 13.1. The number of nitrogens with zero attached hydrogens (tertiary/aromatic N) is 1. The Morgan fingerprint density at radius 3 is 2.57 bits per heavy atom. The molecule has 1 heterocycles. The number of fused-ring (bicyclic) bond motifs is 1. The SMILES string of the molecule is O=Cc1cc(-c2ccccc2C(F)(F)F)c2cn[nH]c2c1. The molecule has 0 atom stereocenters. The zero-order valence-electron chi connectivity index (χ0n) is 10.6. The van der Waals surface area contributed by atoms with E-state index in [1.165, 1.54) is 30.5 Å². The molecule has 1 aromatic heterocycles. The topological polar surface area (TPSA) is 45.8 Å². The molecule has 0 unspecified atom stereocenters. The first-order chi connectivity index (χ1) is 10.0. The summed E-state index contributed by atoms with van der Waals surface area (Å²) in [6.45, 7) is 0. The van der Waals surface area contributed by atoms with Crippen LogP contribution in [0.15, 0.2) is 42.6 Å². The van der Waals surface area contributed by atoms with Crippen LogP contribution >= 0.6 is 0 Å². The fourth-order valence-corrected chi connectivity index (χ4v) is 2.33. The summed E-state index contributed by atoms with van der Waals surface area (Å²) in [5.74, 6) is 0. The standard InChI is InChI=1S/C15H9F3N2O/c16-15(17,18)13-4-2-1-3-10(13)11-5-9(8-21)6-14-12(11)7-19-20-14/h1-8H,(H,19,20). The number of nitrogens with one attached hydrogen (secondary N) is 1. The molecule has 3 aromatic rings. The van der Waals surface area contributed by atoms with E-state index >= 15 is 0 Å². The largest absolute Gasteiger partial charge is 0.417 e. The fourth-order valence-electron chi connectivity index (χ4n) is 2.33. The van der Waals surface area contributed by atoms with E-state index in [0.29, 0.717) is 28.3 Å². The van der Waals surface area contributed by atoms with Gasteiger partial charge in [0.15, 0.2) is 0 Å². The molecule has 3 rings (SSSR count). The number of benzene rings is 2. The van der Waals surface area contributed by atoms with Crippen LogP contribution < -0.4 is 0 Å². The summed E-state index contributed by atoms with van der Waals surface area (Å²) in [6, 6.07) is 8.27. The van der Waals surface area contributed by atoms with Crippen molar-refractivity contribution >= 4 is 17.2 Å². The first kappa shape index (κ1) is 13.4. The number of rotatable bonds is 2. The minimum absolute atomic E-state index is 0.0279. The minimum Gasteiger partial charge on any atom is -0.298 e. The molecular weight excluding hydrogens is 281 g/mol. The first-order valence-corrected chi connectivity index (χ1v) is 6.09. The van der Waals surface area contributed by atoms with Crippen molar-refractivity contribution in [2.45, 2.75) is 6.18 Å². The summed E-state index contributed by atoms with van der Waals surface area (Å²) in [7, 11) is 0. The number of carbonyl (C=O) groups excluding carboxylic acids is 1. The number of alkyl halides is 3. The average molecular weight is 290 g/mol. The smallest absolute Gasteiger partial charge is 0.298 e. The lowest BCUT2D eigenvalue weighted by Gasteiger charge is -2.13. The molecule has 0 spiro atoms. The van der Waals surface area contributed by atoms with E-state index < -0.39 is 11.7 Å².